The third-order valence-electron chi connectivity index (χ3n) is 9.70. The standard InChI is InChI=1S/C36H37F2NO15/c37-17-5-1-15(2-6-17)22(52-36-29(45)25(41)27(43)31(54-36)34(49)50)14-13-21-23(39(32(21)46)19-9-7-18(38)8-10-19)16-3-11-20(12-4-16)51-35-28(44)24(40)26(42)30(53-35)33(47)48/h1-12,21-31,35-36,40-45H,13-14H2,(H,47,48)(H,49,50)/t21?,22?,23?,24-,25?,26?,27-,28?,29?,30?,31?,35?,36?/m1/s1. The van der Waals surface area contributed by atoms with Gasteiger partial charge >= 0.3 is 11.9 Å². The van der Waals surface area contributed by atoms with Crippen LogP contribution < -0.4 is 9.64 Å². The first-order chi connectivity index (χ1) is 25.7. The van der Waals surface area contributed by atoms with Crippen LogP contribution in [0.5, 0.6) is 5.75 Å². The lowest BCUT2D eigenvalue weighted by molar-refractivity contribution is -0.306. The second-order valence-corrected chi connectivity index (χ2v) is 13.1. The molecule has 3 fully saturated rings. The number of benzene rings is 3. The normalized spacial score (nSPS) is 33.1. The number of carboxylic acids is 2. The molecule has 3 heterocycles. The monoisotopic (exact) mass is 761 g/mol. The molecule has 0 bridgehead atoms. The molecule has 54 heavy (non-hydrogen) atoms. The van der Waals surface area contributed by atoms with Gasteiger partial charge in [0.05, 0.1) is 18.1 Å². The molecule has 1 amide bonds. The number of hydrogen-bond donors (Lipinski definition) is 8. The highest BCUT2D eigenvalue weighted by Gasteiger charge is 2.51. The van der Waals surface area contributed by atoms with E-state index in [0.29, 0.717) is 16.8 Å². The quantitative estimate of drug-likeness (QED) is 0.116. The average molecular weight is 762 g/mol. The number of aliphatic hydroxyl groups excluding tert-OH is 6. The molecule has 3 aliphatic heterocycles. The Labute approximate surface area is 304 Å². The summed E-state index contributed by atoms with van der Waals surface area (Å²) < 4.78 is 49.8. The molecule has 3 aliphatic rings. The predicted molar refractivity (Wildman–Crippen MR) is 175 cm³/mol. The summed E-state index contributed by atoms with van der Waals surface area (Å²) in [6, 6.07) is 15.6. The van der Waals surface area contributed by atoms with Gasteiger partial charge in [0.1, 0.15) is 54.0 Å². The second kappa shape index (κ2) is 16.0. The molecule has 6 rings (SSSR count). The lowest BCUT2D eigenvalue weighted by Crippen LogP contribution is -2.61. The number of aliphatic hydroxyl groups is 6. The fraction of sp³-hybridized carbons (Fsp3) is 0.417. The molecule has 18 heteroatoms. The van der Waals surface area contributed by atoms with Crippen LogP contribution in [0.25, 0.3) is 0 Å². The fourth-order valence-electron chi connectivity index (χ4n) is 6.78. The number of halogens is 2. The smallest absolute Gasteiger partial charge is 0.335 e. The van der Waals surface area contributed by atoms with Gasteiger partial charge in [-0.25, -0.2) is 18.4 Å². The second-order valence-electron chi connectivity index (χ2n) is 13.1. The molecule has 11 unspecified atom stereocenters. The van der Waals surface area contributed by atoms with Gasteiger partial charge in [0.25, 0.3) is 0 Å². The molecule has 0 saturated carbocycles. The molecule has 0 radical (unpaired) electrons. The van der Waals surface area contributed by atoms with Gasteiger partial charge in [-0.3, -0.25) is 4.79 Å². The fourth-order valence-corrected chi connectivity index (χ4v) is 6.78. The Kier molecular flexibility index (Phi) is 11.6. The van der Waals surface area contributed by atoms with Gasteiger partial charge in [-0.05, 0) is 72.5 Å². The highest BCUT2D eigenvalue weighted by Crippen LogP contribution is 2.47. The molecule has 13 atom stereocenters. The van der Waals surface area contributed by atoms with Crippen LogP contribution in [-0.2, 0) is 28.6 Å². The largest absolute Gasteiger partial charge is 0.479 e. The maximum Gasteiger partial charge on any atom is 0.335 e. The minimum atomic E-state index is -1.97. The van der Waals surface area contributed by atoms with E-state index in [-0.39, 0.29) is 24.5 Å². The highest BCUT2D eigenvalue weighted by atomic mass is 19.1. The summed E-state index contributed by atoms with van der Waals surface area (Å²) in [5.74, 6) is -5.39. The molecule has 290 valence electrons. The van der Waals surface area contributed by atoms with E-state index in [4.69, 9.17) is 18.9 Å². The molecule has 16 nitrogen and oxygen atoms in total. The lowest BCUT2D eigenvalue weighted by atomic mass is 9.78. The van der Waals surface area contributed by atoms with Gasteiger partial charge in [0.15, 0.2) is 18.5 Å². The molecule has 0 aliphatic carbocycles. The van der Waals surface area contributed by atoms with Crippen LogP contribution in [0.1, 0.15) is 36.1 Å². The third kappa shape index (κ3) is 7.79. The number of aliphatic carboxylic acids is 2. The van der Waals surface area contributed by atoms with Gasteiger partial charge in [0.2, 0.25) is 12.2 Å². The Balaban J connectivity index is 1.24. The first-order valence-electron chi connectivity index (χ1n) is 16.8. The van der Waals surface area contributed by atoms with E-state index < -0.39 is 103 Å². The van der Waals surface area contributed by atoms with Gasteiger partial charge in [0, 0.05) is 5.69 Å². The first-order valence-corrected chi connectivity index (χ1v) is 16.8. The lowest BCUT2D eigenvalue weighted by Gasteiger charge is -2.48. The van der Waals surface area contributed by atoms with Crippen LogP contribution in [0.2, 0.25) is 0 Å². The number of carbonyl (C=O) groups excluding carboxylic acids is 1. The maximum absolute atomic E-state index is 13.9. The summed E-state index contributed by atoms with van der Waals surface area (Å²) in [7, 11) is 0. The van der Waals surface area contributed by atoms with E-state index in [1.165, 1.54) is 53.4 Å². The first kappa shape index (κ1) is 39.1. The molecular formula is C36H37F2NO15. The molecule has 0 spiro atoms. The van der Waals surface area contributed by atoms with E-state index in [1.807, 2.05) is 0 Å². The topological polar surface area (TPSA) is 253 Å². The number of amides is 1. The van der Waals surface area contributed by atoms with Gasteiger partial charge in [-0.15, -0.1) is 0 Å². The average Bonchev–Trinajstić information content (AvgIpc) is 3.14. The van der Waals surface area contributed by atoms with Crippen molar-refractivity contribution in [3.63, 3.8) is 0 Å². The molecule has 0 aromatic heterocycles. The molecule has 3 aromatic rings. The number of anilines is 1. The van der Waals surface area contributed by atoms with Crippen LogP contribution >= 0.6 is 0 Å². The van der Waals surface area contributed by atoms with Gasteiger partial charge in [-0.1, -0.05) is 24.3 Å². The Morgan fingerprint density at radius 3 is 1.72 bits per heavy atom. The number of nitrogens with zero attached hydrogens (tertiary/aromatic N) is 1. The number of carboxylic acid groups (broad SMARTS) is 2. The van der Waals surface area contributed by atoms with E-state index in [2.05, 4.69) is 0 Å². The van der Waals surface area contributed by atoms with E-state index in [0.717, 1.165) is 12.1 Å². The predicted octanol–water partition coefficient (Wildman–Crippen LogP) is 0.370. The number of rotatable bonds is 12. The highest BCUT2D eigenvalue weighted by molar-refractivity contribution is 6.03. The zero-order chi connectivity index (χ0) is 39.0. The minimum Gasteiger partial charge on any atom is -0.479 e. The summed E-state index contributed by atoms with van der Waals surface area (Å²) in [6.07, 6.45) is -19.6. The van der Waals surface area contributed by atoms with Crippen molar-refractivity contribution in [1.29, 1.82) is 0 Å². The van der Waals surface area contributed by atoms with Crippen molar-refractivity contribution in [3.8, 4) is 5.75 Å². The molecule has 8 N–H and O–H groups in total. The van der Waals surface area contributed by atoms with Crippen molar-refractivity contribution in [1.82, 2.24) is 0 Å². The Hall–Kier alpha value is -4.63. The van der Waals surface area contributed by atoms with Crippen molar-refractivity contribution in [2.45, 2.75) is 86.4 Å². The van der Waals surface area contributed by atoms with Crippen LogP contribution in [0.4, 0.5) is 14.5 Å². The van der Waals surface area contributed by atoms with Crippen molar-refractivity contribution in [3.05, 3.63) is 95.6 Å². The summed E-state index contributed by atoms with van der Waals surface area (Å²) in [5.41, 5.74) is 1.27. The van der Waals surface area contributed by atoms with Gasteiger partial charge in [-0.2, -0.15) is 0 Å². The van der Waals surface area contributed by atoms with Crippen molar-refractivity contribution >= 4 is 23.5 Å². The number of ether oxygens (including phenoxy) is 4. The van der Waals surface area contributed by atoms with Crippen LogP contribution in [0.15, 0.2) is 72.8 Å². The molecule has 3 aromatic carbocycles. The van der Waals surface area contributed by atoms with Gasteiger partial charge < -0.3 is 64.7 Å². The van der Waals surface area contributed by atoms with E-state index in [9.17, 15) is 64.0 Å². The Morgan fingerprint density at radius 2 is 1.19 bits per heavy atom. The molecular weight excluding hydrogens is 724 g/mol. The van der Waals surface area contributed by atoms with Crippen LogP contribution in [0, 0.1) is 17.6 Å². The SMILES string of the molecule is O=C(O)C1OC(Oc2ccc(C3C(CCC(OC4OC(C(=O)O)[C@H](O)C(O)C4O)c4ccc(F)cc4)C(=O)N3c3ccc(F)cc3)cc2)C(O)[C@H](O)C1O. The summed E-state index contributed by atoms with van der Waals surface area (Å²) in [6.45, 7) is 0. The summed E-state index contributed by atoms with van der Waals surface area (Å²) in [4.78, 5) is 38.4. The van der Waals surface area contributed by atoms with Crippen LogP contribution in [-0.4, -0.2) is 120 Å². The summed E-state index contributed by atoms with van der Waals surface area (Å²) >= 11 is 0. The summed E-state index contributed by atoms with van der Waals surface area (Å²) in [5, 5.41) is 80.4. The van der Waals surface area contributed by atoms with Crippen LogP contribution in [0.3, 0.4) is 0 Å². The zero-order valence-electron chi connectivity index (χ0n) is 28.0. The minimum absolute atomic E-state index is 0.00971. The Morgan fingerprint density at radius 1 is 0.685 bits per heavy atom. The third-order valence-corrected chi connectivity index (χ3v) is 9.70. The van der Waals surface area contributed by atoms with E-state index >= 15 is 0 Å². The number of carbonyl (C=O) groups is 3. The molecule has 3 saturated heterocycles. The van der Waals surface area contributed by atoms with Crippen molar-refractivity contribution in [2.75, 3.05) is 4.90 Å². The number of β-lactam (4-membered cyclic amide) rings is 1. The van der Waals surface area contributed by atoms with E-state index in [1.54, 1.807) is 12.1 Å². The number of hydrogen-bond acceptors (Lipinski definition) is 13. The van der Waals surface area contributed by atoms with Crippen molar-refractivity contribution in [2.24, 2.45) is 5.92 Å². The zero-order valence-corrected chi connectivity index (χ0v) is 28.0. The Bertz CT molecular complexity index is 1800. The van der Waals surface area contributed by atoms with Crippen molar-refractivity contribution < 1.29 is 83.0 Å². The maximum atomic E-state index is 13.9.